The zero-order valence-corrected chi connectivity index (χ0v) is 15.6. The molecule has 26 heavy (non-hydrogen) atoms. The second-order valence-corrected chi connectivity index (χ2v) is 7.23. The Morgan fingerprint density at radius 2 is 2.04 bits per heavy atom. The molecular weight excluding hydrogens is 326 g/mol. The molecule has 3 aromatic rings. The molecular formula is C21H27N3O2. The van der Waals surface area contributed by atoms with Gasteiger partial charge >= 0.3 is 0 Å². The smallest absolute Gasteiger partial charge is 0.143 e. The standard InChI is InChI=1S/C21H27N3O2/c1-3-16-19(14(2)26-23-16)21-20(15-8-4-5-9-17(15)22-21)18(25)10-13-24-11-6-7-12-24/h4-5,8-9,18,22,25H,3,6-7,10-13H2,1-2H3. The number of H-pyrrole nitrogens is 1. The van der Waals surface area contributed by atoms with Crippen LogP contribution in [0, 0.1) is 6.92 Å². The summed E-state index contributed by atoms with van der Waals surface area (Å²) < 4.78 is 5.45. The van der Waals surface area contributed by atoms with Gasteiger partial charge in [0.2, 0.25) is 0 Å². The molecule has 1 aliphatic rings. The second-order valence-electron chi connectivity index (χ2n) is 7.23. The average Bonchev–Trinajstić information content (AvgIpc) is 3.37. The Morgan fingerprint density at radius 1 is 1.27 bits per heavy atom. The van der Waals surface area contributed by atoms with Crippen LogP contribution in [-0.2, 0) is 6.42 Å². The number of para-hydroxylation sites is 1. The lowest BCUT2D eigenvalue weighted by molar-refractivity contribution is 0.151. The van der Waals surface area contributed by atoms with Crippen molar-refractivity contribution in [2.75, 3.05) is 19.6 Å². The number of nitrogens with zero attached hydrogens (tertiary/aromatic N) is 2. The topological polar surface area (TPSA) is 65.3 Å². The number of hydrogen-bond donors (Lipinski definition) is 2. The Bertz CT molecular complexity index is 890. The van der Waals surface area contributed by atoms with Gasteiger partial charge in [-0.3, -0.25) is 0 Å². The summed E-state index contributed by atoms with van der Waals surface area (Å²) in [5, 5.41) is 16.4. The number of nitrogens with one attached hydrogen (secondary N) is 1. The van der Waals surface area contributed by atoms with E-state index in [9.17, 15) is 5.11 Å². The number of fused-ring (bicyclic) bond motifs is 1. The second kappa shape index (κ2) is 7.25. The molecule has 0 radical (unpaired) electrons. The van der Waals surface area contributed by atoms with Crippen LogP contribution in [0.25, 0.3) is 22.2 Å². The van der Waals surface area contributed by atoms with Gasteiger partial charge in [0.25, 0.3) is 0 Å². The van der Waals surface area contributed by atoms with E-state index in [-0.39, 0.29) is 0 Å². The van der Waals surface area contributed by atoms with E-state index >= 15 is 0 Å². The number of likely N-dealkylation sites (tertiary alicyclic amines) is 1. The molecule has 0 spiro atoms. The summed E-state index contributed by atoms with van der Waals surface area (Å²) in [6.07, 6.45) is 3.56. The molecule has 1 aliphatic heterocycles. The lowest BCUT2D eigenvalue weighted by Crippen LogP contribution is -2.22. The first-order valence-electron chi connectivity index (χ1n) is 9.65. The third-order valence-electron chi connectivity index (χ3n) is 5.52. The van der Waals surface area contributed by atoms with Gasteiger partial charge in [-0.2, -0.15) is 0 Å². The monoisotopic (exact) mass is 353 g/mol. The number of aromatic amines is 1. The van der Waals surface area contributed by atoms with Crippen LogP contribution in [0.5, 0.6) is 0 Å². The zero-order valence-electron chi connectivity index (χ0n) is 15.6. The Kier molecular flexibility index (Phi) is 4.83. The molecule has 1 saturated heterocycles. The molecule has 2 aromatic heterocycles. The van der Waals surface area contributed by atoms with Crippen LogP contribution in [0.15, 0.2) is 28.8 Å². The van der Waals surface area contributed by atoms with Gasteiger partial charge in [-0.15, -0.1) is 0 Å². The molecule has 138 valence electrons. The lowest BCUT2D eigenvalue weighted by atomic mass is 9.97. The molecule has 1 aromatic carbocycles. The molecule has 1 fully saturated rings. The Labute approximate surface area is 154 Å². The van der Waals surface area contributed by atoms with Crippen LogP contribution >= 0.6 is 0 Å². The fourth-order valence-electron chi connectivity index (χ4n) is 4.14. The van der Waals surface area contributed by atoms with Crippen LogP contribution < -0.4 is 0 Å². The van der Waals surface area contributed by atoms with Gasteiger partial charge in [0, 0.05) is 23.0 Å². The summed E-state index contributed by atoms with van der Waals surface area (Å²) in [5.74, 6) is 0.793. The van der Waals surface area contributed by atoms with Crippen molar-refractivity contribution in [3.05, 3.63) is 41.3 Å². The summed E-state index contributed by atoms with van der Waals surface area (Å²) in [6.45, 7) is 7.25. The van der Waals surface area contributed by atoms with Gasteiger partial charge in [0.1, 0.15) is 5.76 Å². The Hall–Kier alpha value is -2.11. The molecule has 1 unspecified atom stereocenters. The number of aliphatic hydroxyl groups excluding tert-OH is 1. The van der Waals surface area contributed by atoms with E-state index in [4.69, 9.17) is 4.52 Å². The molecule has 0 aliphatic carbocycles. The van der Waals surface area contributed by atoms with Crippen LogP contribution in [0.3, 0.4) is 0 Å². The summed E-state index contributed by atoms with van der Waals surface area (Å²) in [6, 6.07) is 8.18. The van der Waals surface area contributed by atoms with Gasteiger partial charge in [0.15, 0.2) is 0 Å². The predicted molar refractivity (Wildman–Crippen MR) is 103 cm³/mol. The molecule has 2 N–H and O–H groups in total. The first-order valence-corrected chi connectivity index (χ1v) is 9.65. The maximum Gasteiger partial charge on any atom is 0.143 e. The number of benzene rings is 1. The van der Waals surface area contributed by atoms with Crippen molar-refractivity contribution in [3.63, 3.8) is 0 Å². The van der Waals surface area contributed by atoms with Crippen molar-refractivity contribution in [3.8, 4) is 11.3 Å². The van der Waals surface area contributed by atoms with E-state index in [0.717, 1.165) is 71.7 Å². The minimum atomic E-state index is -0.513. The van der Waals surface area contributed by atoms with E-state index in [1.807, 2.05) is 19.1 Å². The average molecular weight is 353 g/mol. The van der Waals surface area contributed by atoms with Crippen molar-refractivity contribution in [2.45, 2.75) is 45.6 Å². The number of aliphatic hydroxyl groups is 1. The van der Waals surface area contributed by atoms with Gasteiger partial charge < -0.3 is 19.5 Å². The molecule has 0 bridgehead atoms. The zero-order chi connectivity index (χ0) is 18.1. The molecule has 1 atom stereocenters. The van der Waals surface area contributed by atoms with E-state index in [1.54, 1.807) is 0 Å². The highest BCUT2D eigenvalue weighted by Gasteiger charge is 2.25. The largest absolute Gasteiger partial charge is 0.388 e. The summed E-state index contributed by atoms with van der Waals surface area (Å²) >= 11 is 0. The molecule has 5 heteroatoms. The van der Waals surface area contributed by atoms with E-state index in [2.05, 4.69) is 34.1 Å². The first kappa shape index (κ1) is 17.3. The molecule has 5 nitrogen and oxygen atoms in total. The number of aromatic nitrogens is 2. The summed E-state index contributed by atoms with van der Waals surface area (Å²) in [5.41, 5.74) is 4.90. The minimum absolute atomic E-state index is 0.513. The SMILES string of the molecule is CCc1noc(C)c1-c1[nH]c2ccccc2c1C(O)CCN1CCCC1. The van der Waals surface area contributed by atoms with Gasteiger partial charge in [0.05, 0.1) is 23.1 Å². The lowest BCUT2D eigenvalue weighted by Gasteiger charge is -2.18. The highest BCUT2D eigenvalue weighted by molar-refractivity contribution is 5.91. The fraction of sp³-hybridized carbons (Fsp3) is 0.476. The van der Waals surface area contributed by atoms with Gasteiger partial charge in [-0.25, -0.2) is 0 Å². The van der Waals surface area contributed by atoms with E-state index in [1.165, 1.54) is 12.8 Å². The third-order valence-corrected chi connectivity index (χ3v) is 5.52. The van der Waals surface area contributed by atoms with Crippen LogP contribution in [-0.4, -0.2) is 39.8 Å². The molecule has 0 amide bonds. The molecule has 0 saturated carbocycles. The van der Waals surface area contributed by atoms with Crippen molar-refractivity contribution >= 4 is 10.9 Å². The highest BCUT2D eigenvalue weighted by atomic mass is 16.5. The van der Waals surface area contributed by atoms with E-state index < -0.39 is 6.10 Å². The molecule has 3 heterocycles. The maximum absolute atomic E-state index is 11.1. The number of hydrogen-bond acceptors (Lipinski definition) is 4. The quantitative estimate of drug-likeness (QED) is 0.696. The molecule has 4 rings (SSSR count). The van der Waals surface area contributed by atoms with E-state index in [0.29, 0.717) is 0 Å². The Balaban J connectivity index is 1.75. The first-order chi connectivity index (χ1) is 12.7. The van der Waals surface area contributed by atoms with Crippen molar-refractivity contribution in [1.82, 2.24) is 15.0 Å². The number of aryl methyl sites for hydroxylation is 2. The predicted octanol–water partition coefficient (Wildman–Crippen LogP) is 4.21. The normalized spacial score (nSPS) is 16.6. The van der Waals surface area contributed by atoms with Crippen molar-refractivity contribution in [2.24, 2.45) is 0 Å². The fourth-order valence-corrected chi connectivity index (χ4v) is 4.14. The Morgan fingerprint density at radius 3 is 2.81 bits per heavy atom. The van der Waals surface area contributed by atoms with Gasteiger partial charge in [-0.1, -0.05) is 30.3 Å². The summed E-state index contributed by atoms with van der Waals surface area (Å²) in [4.78, 5) is 5.96. The maximum atomic E-state index is 11.1. The highest BCUT2D eigenvalue weighted by Crippen LogP contribution is 2.39. The van der Waals surface area contributed by atoms with Crippen LogP contribution in [0.2, 0.25) is 0 Å². The number of rotatable bonds is 6. The van der Waals surface area contributed by atoms with Crippen molar-refractivity contribution in [1.29, 1.82) is 0 Å². The third kappa shape index (κ3) is 3.06. The summed E-state index contributed by atoms with van der Waals surface area (Å²) in [7, 11) is 0. The van der Waals surface area contributed by atoms with Crippen molar-refractivity contribution < 1.29 is 9.63 Å². The van der Waals surface area contributed by atoms with Crippen LogP contribution in [0.1, 0.15) is 49.3 Å². The minimum Gasteiger partial charge on any atom is -0.388 e. The van der Waals surface area contributed by atoms with Crippen LogP contribution in [0.4, 0.5) is 0 Å². The van der Waals surface area contributed by atoms with Gasteiger partial charge in [-0.05, 0) is 51.8 Å².